The van der Waals surface area contributed by atoms with E-state index in [0.717, 1.165) is 23.1 Å². The number of carbonyl (C=O) groups is 1. The van der Waals surface area contributed by atoms with Gasteiger partial charge in [0.05, 0.1) is 22.1 Å². The molecule has 1 N–H and O–H groups in total. The van der Waals surface area contributed by atoms with Gasteiger partial charge in [-0.3, -0.25) is 19.8 Å². The normalized spacial score (nSPS) is 15.7. The van der Waals surface area contributed by atoms with Crippen molar-refractivity contribution in [2.75, 3.05) is 38.0 Å². The van der Waals surface area contributed by atoms with Gasteiger partial charge >= 0.3 is 0 Å². The highest BCUT2D eigenvalue weighted by Gasteiger charge is 2.31. The van der Waals surface area contributed by atoms with E-state index in [4.69, 9.17) is 0 Å². The first-order valence-electron chi connectivity index (χ1n) is 9.85. The molecular weight excluding hydrogens is 442 g/mol. The van der Waals surface area contributed by atoms with Gasteiger partial charge in [-0.15, -0.1) is 11.3 Å². The van der Waals surface area contributed by atoms with Crippen LogP contribution in [0.4, 0.5) is 10.8 Å². The highest BCUT2D eigenvalue weighted by Crippen LogP contribution is 2.26. The van der Waals surface area contributed by atoms with Crippen LogP contribution in [0.1, 0.15) is 23.1 Å². The molecule has 1 aliphatic rings. The van der Waals surface area contributed by atoms with Gasteiger partial charge in [0, 0.05) is 43.2 Å². The summed E-state index contributed by atoms with van der Waals surface area (Å²) in [6.45, 7) is 6.91. The summed E-state index contributed by atoms with van der Waals surface area (Å²) in [6.07, 6.45) is 0.804. The number of aryl methyl sites for hydroxylation is 3. The smallest absolute Gasteiger partial charge is 0.270 e. The molecule has 10 nitrogen and oxygen atoms in total. The van der Waals surface area contributed by atoms with Crippen molar-refractivity contribution >= 4 is 38.1 Å². The summed E-state index contributed by atoms with van der Waals surface area (Å²) in [6, 6.07) is 3.83. The SMILES string of the molecule is CCc1nc(NC(=O)CN2CCN(S(=O)(=O)c3cc([N+](=O)[O-])ccc3C)CC2)sc1C. The number of hydrogen-bond donors (Lipinski definition) is 1. The maximum absolute atomic E-state index is 13.0. The molecule has 2 aromatic rings. The van der Waals surface area contributed by atoms with E-state index in [0.29, 0.717) is 23.8 Å². The van der Waals surface area contributed by atoms with E-state index in [1.807, 2.05) is 18.7 Å². The van der Waals surface area contributed by atoms with Crippen molar-refractivity contribution in [2.24, 2.45) is 0 Å². The third-order valence-electron chi connectivity index (χ3n) is 5.17. The summed E-state index contributed by atoms with van der Waals surface area (Å²) in [5, 5.41) is 14.4. The Balaban J connectivity index is 1.60. The van der Waals surface area contributed by atoms with Crippen LogP contribution in [0.2, 0.25) is 0 Å². The molecule has 1 amide bonds. The maximum Gasteiger partial charge on any atom is 0.270 e. The monoisotopic (exact) mass is 467 g/mol. The zero-order valence-corrected chi connectivity index (χ0v) is 19.3. The zero-order chi connectivity index (χ0) is 22.8. The predicted molar refractivity (Wildman–Crippen MR) is 118 cm³/mol. The lowest BCUT2D eigenvalue weighted by Gasteiger charge is -2.33. The molecule has 0 radical (unpaired) electrons. The number of benzene rings is 1. The Morgan fingerprint density at radius 3 is 2.52 bits per heavy atom. The summed E-state index contributed by atoms with van der Waals surface area (Å²) in [4.78, 5) is 30.1. The quantitative estimate of drug-likeness (QED) is 0.488. The Hall–Kier alpha value is -2.41. The van der Waals surface area contributed by atoms with Crippen molar-refractivity contribution < 1.29 is 18.1 Å². The summed E-state index contributed by atoms with van der Waals surface area (Å²) in [5.41, 5.74) is 1.16. The third kappa shape index (κ3) is 5.26. The molecule has 1 saturated heterocycles. The molecule has 1 aromatic carbocycles. The van der Waals surface area contributed by atoms with Gasteiger partial charge in [0.1, 0.15) is 0 Å². The van der Waals surface area contributed by atoms with Gasteiger partial charge in [0.2, 0.25) is 15.9 Å². The first-order chi connectivity index (χ1) is 14.6. The second-order valence-electron chi connectivity index (χ2n) is 7.31. The average Bonchev–Trinajstić information content (AvgIpc) is 3.07. The number of nitrogens with one attached hydrogen (secondary N) is 1. The summed E-state index contributed by atoms with van der Waals surface area (Å²) in [5.74, 6) is -0.192. The lowest BCUT2D eigenvalue weighted by molar-refractivity contribution is -0.385. The summed E-state index contributed by atoms with van der Waals surface area (Å²) in [7, 11) is -3.86. The van der Waals surface area contributed by atoms with Crippen molar-refractivity contribution in [3.05, 3.63) is 44.4 Å². The van der Waals surface area contributed by atoms with Crippen molar-refractivity contribution in [2.45, 2.75) is 32.1 Å². The van der Waals surface area contributed by atoms with Crippen LogP contribution in [0, 0.1) is 24.0 Å². The largest absolute Gasteiger partial charge is 0.301 e. The standard InChI is InChI=1S/C19H25N5O5S2/c1-4-16-14(3)30-19(20-16)21-18(25)12-22-7-9-23(10-8-22)31(28,29)17-11-15(24(26)27)6-5-13(17)2/h5-6,11H,4,7-10,12H2,1-3H3,(H,20,21,25). The highest BCUT2D eigenvalue weighted by molar-refractivity contribution is 7.89. The minimum atomic E-state index is -3.86. The Kier molecular flexibility index (Phi) is 7.04. The lowest BCUT2D eigenvalue weighted by Crippen LogP contribution is -2.50. The molecule has 12 heteroatoms. The van der Waals surface area contributed by atoms with Crippen LogP contribution in [0.3, 0.4) is 0 Å². The van der Waals surface area contributed by atoms with E-state index < -0.39 is 14.9 Å². The lowest BCUT2D eigenvalue weighted by atomic mass is 10.2. The van der Waals surface area contributed by atoms with Crippen LogP contribution < -0.4 is 5.32 Å². The molecular formula is C19H25N5O5S2. The number of nitro benzene ring substituents is 1. The highest BCUT2D eigenvalue weighted by atomic mass is 32.2. The van der Waals surface area contributed by atoms with E-state index in [-0.39, 0.29) is 36.1 Å². The first kappa shape index (κ1) is 23.3. The second kappa shape index (κ2) is 9.39. The number of sulfonamides is 1. The molecule has 2 heterocycles. The molecule has 31 heavy (non-hydrogen) atoms. The molecule has 1 fully saturated rings. The summed E-state index contributed by atoms with van der Waals surface area (Å²) >= 11 is 1.44. The van der Waals surface area contributed by atoms with E-state index >= 15 is 0 Å². The van der Waals surface area contributed by atoms with Crippen LogP contribution in [0.25, 0.3) is 0 Å². The van der Waals surface area contributed by atoms with Crippen molar-refractivity contribution in [1.82, 2.24) is 14.2 Å². The number of nitro groups is 1. The Labute approximate surface area is 185 Å². The number of non-ortho nitro benzene ring substituents is 1. The number of carbonyl (C=O) groups excluding carboxylic acids is 1. The first-order valence-corrected chi connectivity index (χ1v) is 12.1. The number of aromatic nitrogens is 1. The fourth-order valence-corrected chi connectivity index (χ4v) is 6.00. The van der Waals surface area contributed by atoms with E-state index in [2.05, 4.69) is 10.3 Å². The number of hydrogen-bond acceptors (Lipinski definition) is 8. The second-order valence-corrected chi connectivity index (χ2v) is 10.4. The molecule has 0 atom stereocenters. The van der Waals surface area contributed by atoms with Gasteiger partial charge < -0.3 is 5.32 Å². The topological polar surface area (TPSA) is 126 Å². The molecule has 0 unspecified atom stereocenters. The molecule has 0 spiro atoms. The molecule has 1 aliphatic heterocycles. The van der Waals surface area contributed by atoms with Crippen molar-refractivity contribution in [1.29, 1.82) is 0 Å². The molecule has 1 aromatic heterocycles. The number of thiazole rings is 1. The van der Waals surface area contributed by atoms with Gasteiger partial charge in [-0.25, -0.2) is 13.4 Å². The Morgan fingerprint density at radius 2 is 1.94 bits per heavy atom. The zero-order valence-electron chi connectivity index (χ0n) is 17.6. The Bertz CT molecular complexity index is 1090. The van der Waals surface area contributed by atoms with E-state index in [1.165, 1.54) is 27.8 Å². The van der Waals surface area contributed by atoms with Crippen LogP contribution >= 0.6 is 11.3 Å². The molecule has 0 saturated carbocycles. The molecule has 168 valence electrons. The average molecular weight is 468 g/mol. The molecule has 0 aliphatic carbocycles. The number of rotatable bonds is 7. The molecule has 0 bridgehead atoms. The fraction of sp³-hybridized carbons (Fsp3) is 0.474. The number of anilines is 1. The van der Waals surface area contributed by atoms with Crippen LogP contribution in [-0.4, -0.2) is 66.2 Å². The Morgan fingerprint density at radius 1 is 1.26 bits per heavy atom. The number of nitrogens with zero attached hydrogens (tertiary/aromatic N) is 4. The molecule has 3 rings (SSSR count). The van der Waals surface area contributed by atoms with E-state index in [1.54, 1.807) is 6.92 Å². The summed E-state index contributed by atoms with van der Waals surface area (Å²) < 4.78 is 27.3. The number of piperazine rings is 1. The van der Waals surface area contributed by atoms with Gasteiger partial charge in [-0.1, -0.05) is 13.0 Å². The van der Waals surface area contributed by atoms with Crippen LogP contribution in [0.15, 0.2) is 23.1 Å². The fourth-order valence-electron chi connectivity index (χ4n) is 3.42. The minimum absolute atomic E-state index is 0.0567. The maximum atomic E-state index is 13.0. The van der Waals surface area contributed by atoms with Gasteiger partial charge in [0.25, 0.3) is 5.69 Å². The van der Waals surface area contributed by atoms with Crippen LogP contribution in [0.5, 0.6) is 0 Å². The van der Waals surface area contributed by atoms with Crippen molar-refractivity contribution in [3.8, 4) is 0 Å². The van der Waals surface area contributed by atoms with E-state index in [9.17, 15) is 23.3 Å². The van der Waals surface area contributed by atoms with Gasteiger partial charge in [-0.2, -0.15) is 4.31 Å². The van der Waals surface area contributed by atoms with Crippen LogP contribution in [-0.2, 0) is 21.2 Å². The van der Waals surface area contributed by atoms with Crippen molar-refractivity contribution in [3.63, 3.8) is 0 Å². The minimum Gasteiger partial charge on any atom is -0.301 e. The van der Waals surface area contributed by atoms with Gasteiger partial charge in [-0.05, 0) is 25.8 Å². The number of amides is 1. The van der Waals surface area contributed by atoms with Gasteiger partial charge in [0.15, 0.2) is 5.13 Å². The third-order valence-corrected chi connectivity index (χ3v) is 8.14. The predicted octanol–water partition coefficient (Wildman–Crippen LogP) is 2.18.